The number of thiocarbonyl (C=S) groups is 1. The third-order valence-corrected chi connectivity index (χ3v) is 3.68. The summed E-state index contributed by atoms with van der Waals surface area (Å²) in [5, 5.41) is 12.5. The maximum Gasteiger partial charge on any atom is 0.281 e. The Bertz CT molecular complexity index is 800. The summed E-state index contributed by atoms with van der Waals surface area (Å²) in [6.07, 6.45) is 1.69. The fourth-order valence-electron chi connectivity index (χ4n) is 2.26. The van der Waals surface area contributed by atoms with E-state index in [0.29, 0.717) is 22.2 Å². The van der Waals surface area contributed by atoms with E-state index in [1.807, 2.05) is 0 Å². The molecule has 2 aromatic carbocycles. The number of carbonyl (C=O) groups is 1. The van der Waals surface area contributed by atoms with Crippen molar-refractivity contribution in [3.05, 3.63) is 59.8 Å². The molecule has 116 valence electrons. The molecule has 5 nitrogen and oxygen atoms in total. The minimum absolute atomic E-state index is 0.173. The number of nitrogens with zero attached hydrogens (tertiary/aromatic N) is 1. The number of amides is 1. The Labute approximate surface area is 138 Å². The molecular weight excluding hydrogens is 312 g/mol. The van der Waals surface area contributed by atoms with Crippen molar-refractivity contribution in [1.29, 1.82) is 0 Å². The standard InChI is InChI=1S/C17H14N2O3S/c1-22-14-4-2-3-12(10-14)19-16(21)15(18-17(19)23)9-11-5-7-13(20)8-6-11/h2-10,20H,1H3,(H,18,23). The molecule has 0 atom stereocenters. The second-order valence-corrected chi connectivity index (χ2v) is 5.31. The predicted molar refractivity (Wildman–Crippen MR) is 92.3 cm³/mol. The average molecular weight is 326 g/mol. The second kappa shape index (κ2) is 6.10. The minimum Gasteiger partial charge on any atom is -0.508 e. The van der Waals surface area contributed by atoms with Gasteiger partial charge in [-0.15, -0.1) is 0 Å². The minimum atomic E-state index is -0.240. The Kier molecular flexibility index (Phi) is 3.99. The van der Waals surface area contributed by atoms with Gasteiger partial charge in [0.2, 0.25) is 0 Å². The molecule has 0 radical (unpaired) electrons. The summed E-state index contributed by atoms with van der Waals surface area (Å²) in [6.45, 7) is 0. The molecule has 2 aromatic rings. The first-order valence-electron chi connectivity index (χ1n) is 6.89. The lowest BCUT2D eigenvalue weighted by Gasteiger charge is -2.14. The molecule has 0 aromatic heterocycles. The van der Waals surface area contributed by atoms with Crippen LogP contribution in [0.25, 0.3) is 6.08 Å². The van der Waals surface area contributed by atoms with Crippen LogP contribution in [0.4, 0.5) is 5.69 Å². The van der Waals surface area contributed by atoms with Crippen molar-refractivity contribution in [3.63, 3.8) is 0 Å². The van der Waals surface area contributed by atoms with Gasteiger partial charge in [0, 0.05) is 6.07 Å². The van der Waals surface area contributed by atoms with Crippen molar-refractivity contribution in [3.8, 4) is 11.5 Å². The van der Waals surface area contributed by atoms with Crippen molar-refractivity contribution >= 4 is 35.0 Å². The number of benzene rings is 2. The second-order valence-electron chi connectivity index (χ2n) is 4.92. The van der Waals surface area contributed by atoms with E-state index in [9.17, 15) is 9.90 Å². The van der Waals surface area contributed by atoms with Gasteiger partial charge < -0.3 is 15.2 Å². The van der Waals surface area contributed by atoms with Crippen LogP contribution in [0.1, 0.15) is 5.56 Å². The normalized spacial score (nSPS) is 15.9. The van der Waals surface area contributed by atoms with Gasteiger partial charge >= 0.3 is 0 Å². The fraction of sp³-hybridized carbons (Fsp3) is 0.0588. The van der Waals surface area contributed by atoms with Crippen molar-refractivity contribution < 1.29 is 14.6 Å². The number of hydrogen-bond donors (Lipinski definition) is 2. The van der Waals surface area contributed by atoms with E-state index in [1.54, 1.807) is 61.7 Å². The van der Waals surface area contributed by atoms with Gasteiger partial charge in [-0.1, -0.05) is 18.2 Å². The lowest BCUT2D eigenvalue weighted by molar-refractivity contribution is -0.113. The molecule has 1 aliphatic rings. The number of ether oxygens (including phenoxy) is 1. The number of phenols is 1. The first-order chi connectivity index (χ1) is 11.1. The fourth-order valence-corrected chi connectivity index (χ4v) is 2.55. The Morgan fingerprint density at radius 2 is 1.96 bits per heavy atom. The lowest BCUT2D eigenvalue weighted by atomic mass is 10.2. The average Bonchev–Trinajstić information content (AvgIpc) is 2.83. The van der Waals surface area contributed by atoms with Crippen LogP contribution in [-0.4, -0.2) is 23.2 Å². The largest absolute Gasteiger partial charge is 0.508 e. The number of phenolic OH excluding ortho intramolecular Hbond substituents is 1. The van der Waals surface area contributed by atoms with Crippen molar-refractivity contribution in [2.45, 2.75) is 0 Å². The SMILES string of the molecule is COc1cccc(N2C(=O)C(=Cc3ccc(O)cc3)NC2=S)c1. The van der Waals surface area contributed by atoms with E-state index < -0.39 is 0 Å². The number of anilines is 1. The van der Waals surface area contributed by atoms with Gasteiger partial charge in [0.1, 0.15) is 17.2 Å². The number of methoxy groups -OCH3 is 1. The molecular formula is C17H14N2O3S. The van der Waals surface area contributed by atoms with E-state index in [2.05, 4.69) is 5.32 Å². The van der Waals surface area contributed by atoms with Crippen molar-refractivity contribution in [2.75, 3.05) is 12.0 Å². The third-order valence-electron chi connectivity index (χ3n) is 3.39. The van der Waals surface area contributed by atoms with Crippen LogP contribution in [0.2, 0.25) is 0 Å². The van der Waals surface area contributed by atoms with E-state index in [-0.39, 0.29) is 11.7 Å². The van der Waals surface area contributed by atoms with E-state index >= 15 is 0 Å². The highest BCUT2D eigenvalue weighted by molar-refractivity contribution is 7.80. The zero-order chi connectivity index (χ0) is 16.4. The summed E-state index contributed by atoms with van der Waals surface area (Å²) in [5.74, 6) is 0.580. The van der Waals surface area contributed by atoms with Crippen LogP contribution in [-0.2, 0) is 4.79 Å². The maximum atomic E-state index is 12.6. The van der Waals surface area contributed by atoms with Gasteiger partial charge in [0.15, 0.2) is 5.11 Å². The molecule has 23 heavy (non-hydrogen) atoms. The number of rotatable bonds is 3. The third kappa shape index (κ3) is 3.02. The van der Waals surface area contributed by atoms with E-state index in [1.165, 1.54) is 4.90 Å². The summed E-state index contributed by atoms with van der Waals surface area (Å²) in [7, 11) is 1.57. The first kappa shape index (κ1) is 15.1. The molecule has 0 aliphatic carbocycles. The predicted octanol–water partition coefficient (Wildman–Crippen LogP) is 2.66. The van der Waals surface area contributed by atoms with Crippen LogP contribution >= 0.6 is 12.2 Å². The number of hydrogen-bond acceptors (Lipinski definition) is 4. The zero-order valence-corrected chi connectivity index (χ0v) is 13.1. The highest BCUT2D eigenvalue weighted by Crippen LogP contribution is 2.26. The zero-order valence-electron chi connectivity index (χ0n) is 12.3. The molecule has 1 amide bonds. The molecule has 2 N–H and O–H groups in total. The monoisotopic (exact) mass is 326 g/mol. The Balaban J connectivity index is 1.91. The van der Waals surface area contributed by atoms with Crippen LogP contribution in [0.5, 0.6) is 11.5 Å². The number of aromatic hydroxyl groups is 1. The van der Waals surface area contributed by atoms with Gasteiger partial charge in [-0.05, 0) is 48.1 Å². The van der Waals surface area contributed by atoms with Crippen LogP contribution in [0, 0.1) is 0 Å². The molecule has 0 spiro atoms. The van der Waals surface area contributed by atoms with Gasteiger partial charge in [-0.2, -0.15) is 0 Å². The van der Waals surface area contributed by atoms with Crippen LogP contribution in [0.3, 0.4) is 0 Å². The summed E-state index contributed by atoms with van der Waals surface area (Å²) in [5.41, 5.74) is 1.80. The molecule has 1 heterocycles. The van der Waals surface area contributed by atoms with Gasteiger partial charge in [-0.25, -0.2) is 0 Å². The highest BCUT2D eigenvalue weighted by Gasteiger charge is 2.32. The lowest BCUT2D eigenvalue weighted by Crippen LogP contribution is -2.30. The Hall–Kier alpha value is -2.86. The maximum absolute atomic E-state index is 12.6. The van der Waals surface area contributed by atoms with Gasteiger partial charge in [0.05, 0.1) is 12.8 Å². The first-order valence-corrected chi connectivity index (χ1v) is 7.29. The smallest absolute Gasteiger partial charge is 0.281 e. The Morgan fingerprint density at radius 1 is 1.22 bits per heavy atom. The molecule has 1 fully saturated rings. The molecule has 1 aliphatic heterocycles. The highest BCUT2D eigenvalue weighted by atomic mass is 32.1. The quantitative estimate of drug-likeness (QED) is 0.671. The summed E-state index contributed by atoms with van der Waals surface area (Å²) >= 11 is 5.27. The Morgan fingerprint density at radius 3 is 2.65 bits per heavy atom. The van der Waals surface area contributed by atoms with Crippen molar-refractivity contribution in [1.82, 2.24) is 5.32 Å². The van der Waals surface area contributed by atoms with Crippen LogP contribution in [0.15, 0.2) is 54.2 Å². The number of carbonyl (C=O) groups excluding carboxylic acids is 1. The summed E-state index contributed by atoms with van der Waals surface area (Å²) in [4.78, 5) is 14.0. The van der Waals surface area contributed by atoms with Gasteiger partial charge in [0.25, 0.3) is 5.91 Å². The summed E-state index contributed by atoms with van der Waals surface area (Å²) in [6, 6.07) is 13.7. The van der Waals surface area contributed by atoms with E-state index in [0.717, 1.165) is 5.56 Å². The molecule has 1 saturated heterocycles. The molecule has 6 heteroatoms. The van der Waals surface area contributed by atoms with Crippen LogP contribution < -0.4 is 15.0 Å². The molecule has 0 saturated carbocycles. The number of nitrogens with one attached hydrogen (secondary N) is 1. The summed E-state index contributed by atoms with van der Waals surface area (Å²) < 4.78 is 5.18. The van der Waals surface area contributed by atoms with Crippen molar-refractivity contribution in [2.24, 2.45) is 0 Å². The molecule has 0 unspecified atom stereocenters. The van der Waals surface area contributed by atoms with Gasteiger partial charge in [-0.3, -0.25) is 9.69 Å². The topological polar surface area (TPSA) is 61.8 Å². The molecule has 0 bridgehead atoms. The molecule has 3 rings (SSSR count). The van der Waals surface area contributed by atoms with E-state index in [4.69, 9.17) is 17.0 Å².